The molecule has 1 heterocycles. The van der Waals surface area contributed by atoms with E-state index in [-0.39, 0.29) is 17.2 Å². The number of carbonyl (C=O) groups is 1. The van der Waals surface area contributed by atoms with Gasteiger partial charge in [-0.25, -0.2) is 0 Å². The highest BCUT2D eigenvalue weighted by Gasteiger charge is 2.23. The van der Waals surface area contributed by atoms with E-state index in [1.165, 1.54) is 11.6 Å². The van der Waals surface area contributed by atoms with Crippen LogP contribution in [-0.4, -0.2) is 35.4 Å². The number of aryl methyl sites for hydroxylation is 1. The second-order valence-corrected chi connectivity index (χ2v) is 7.19. The van der Waals surface area contributed by atoms with E-state index < -0.39 is 4.92 Å². The number of nitrogens with zero attached hydrogens (tertiary/aromatic N) is 2. The van der Waals surface area contributed by atoms with Gasteiger partial charge in [0.25, 0.3) is 11.6 Å². The smallest absolute Gasteiger partial charge is 0.282 e. The third-order valence-electron chi connectivity index (χ3n) is 5.10. The number of nitrogens with one attached hydrogen (secondary N) is 1. The van der Waals surface area contributed by atoms with E-state index in [0.717, 1.165) is 38.0 Å². The number of amides is 1. The Hall–Kier alpha value is -2.73. The van der Waals surface area contributed by atoms with Gasteiger partial charge in [0.2, 0.25) is 0 Å². The van der Waals surface area contributed by atoms with Crippen LogP contribution in [0.5, 0.6) is 0 Å². The topological polar surface area (TPSA) is 75.5 Å². The number of rotatable bonds is 6. The van der Waals surface area contributed by atoms with Gasteiger partial charge in [-0.1, -0.05) is 36.4 Å². The molecule has 2 aromatic rings. The summed E-state index contributed by atoms with van der Waals surface area (Å²) in [6, 6.07) is 15.0. The first-order valence-electron chi connectivity index (χ1n) is 9.32. The fraction of sp³-hybridized carbons (Fsp3) is 0.381. The summed E-state index contributed by atoms with van der Waals surface area (Å²) in [5.74, 6) is 0.0435. The Bertz CT molecular complexity index is 800. The van der Waals surface area contributed by atoms with Crippen LogP contribution in [0.15, 0.2) is 48.5 Å². The van der Waals surface area contributed by atoms with Crippen LogP contribution in [0.4, 0.5) is 5.69 Å². The number of benzene rings is 2. The minimum atomic E-state index is -0.504. The lowest BCUT2D eigenvalue weighted by Gasteiger charge is -2.32. The van der Waals surface area contributed by atoms with Gasteiger partial charge in [-0.05, 0) is 56.0 Å². The highest BCUT2D eigenvalue weighted by Crippen LogP contribution is 2.21. The van der Waals surface area contributed by atoms with Gasteiger partial charge in [0.15, 0.2) is 0 Å². The zero-order valence-electron chi connectivity index (χ0n) is 15.6. The second kappa shape index (κ2) is 8.77. The van der Waals surface area contributed by atoms with E-state index in [1.54, 1.807) is 12.1 Å². The summed E-state index contributed by atoms with van der Waals surface area (Å²) < 4.78 is 0. The van der Waals surface area contributed by atoms with Crippen molar-refractivity contribution in [2.45, 2.75) is 26.3 Å². The van der Waals surface area contributed by atoms with Crippen molar-refractivity contribution in [2.24, 2.45) is 5.92 Å². The number of nitro benzene ring substituents is 1. The molecule has 27 heavy (non-hydrogen) atoms. The van der Waals surface area contributed by atoms with Crippen LogP contribution < -0.4 is 5.32 Å². The highest BCUT2D eigenvalue weighted by atomic mass is 16.6. The molecule has 6 nitrogen and oxygen atoms in total. The van der Waals surface area contributed by atoms with Gasteiger partial charge in [-0.3, -0.25) is 19.8 Å². The van der Waals surface area contributed by atoms with Crippen molar-refractivity contribution < 1.29 is 9.72 Å². The molecule has 0 spiro atoms. The normalized spacial score (nSPS) is 15.4. The molecule has 0 aliphatic carbocycles. The van der Waals surface area contributed by atoms with Crippen molar-refractivity contribution in [3.05, 3.63) is 75.3 Å². The molecule has 0 radical (unpaired) electrons. The van der Waals surface area contributed by atoms with E-state index in [2.05, 4.69) is 34.5 Å². The van der Waals surface area contributed by atoms with Gasteiger partial charge < -0.3 is 5.32 Å². The highest BCUT2D eigenvalue weighted by molar-refractivity contribution is 5.98. The molecule has 1 N–H and O–H groups in total. The average Bonchev–Trinajstić information content (AvgIpc) is 2.67. The molecule has 1 amide bonds. The van der Waals surface area contributed by atoms with Crippen molar-refractivity contribution in [3.63, 3.8) is 0 Å². The lowest BCUT2D eigenvalue weighted by molar-refractivity contribution is -0.385. The van der Waals surface area contributed by atoms with E-state index in [9.17, 15) is 14.9 Å². The molecule has 0 saturated carbocycles. The third-order valence-corrected chi connectivity index (χ3v) is 5.10. The Morgan fingerprint density at radius 1 is 1.19 bits per heavy atom. The number of likely N-dealkylation sites (tertiary alicyclic amines) is 1. The van der Waals surface area contributed by atoms with Crippen molar-refractivity contribution >= 4 is 11.6 Å². The quantitative estimate of drug-likeness (QED) is 0.626. The summed E-state index contributed by atoms with van der Waals surface area (Å²) in [4.78, 5) is 25.5. The fourth-order valence-electron chi connectivity index (χ4n) is 3.51. The lowest BCUT2D eigenvalue weighted by Crippen LogP contribution is -2.38. The summed E-state index contributed by atoms with van der Waals surface area (Å²) >= 11 is 0. The Kier molecular flexibility index (Phi) is 6.19. The minimum absolute atomic E-state index is 0.140. The summed E-state index contributed by atoms with van der Waals surface area (Å²) in [6.45, 7) is 5.33. The Morgan fingerprint density at radius 2 is 1.89 bits per heavy atom. The maximum absolute atomic E-state index is 12.4. The zero-order chi connectivity index (χ0) is 19.2. The maximum atomic E-state index is 12.4. The van der Waals surface area contributed by atoms with Gasteiger partial charge in [-0.2, -0.15) is 0 Å². The van der Waals surface area contributed by atoms with Gasteiger partial charge in [0.1, 0.15) is 5.56 Å². The molecular formula is C21H25N3O3. The summed E-state index contributed by atoms with van der Waals surface area (Å²) in [6.07, 6.45) is 2.03. The lowest BCUT2D eigenvalue weighted by atomic mass is 9.96. The Morgan fingerprint density at radius 3 is 2.56 bits per heavy atom. The predicted octanol–water partition coefficient (Wildman–Crippen LogP) is 3.55. The van der Waals surface area contributed by atoms with Crippen molar-refractivity contribution in [1.29, 1.82) is 0 Å². The molecule has 1 aliphatic heterocycles. The molecule has 142 valence electrons. The van der Waals surface area contributed by atoms with Gasteiger partial charge in [0.05, 0.1) is 4.92 Å². The predicted molar refractivity (Wildman–Crippen MR) is 105 cm³/mol. The number of hydrogen-bond donors (Lipinski definition) is 1. The van der Waals surface area contributed by atoms with Gasteiger partial charge >= 0.3 is 0 Å². The summed E-state index contributed by atoms with van der Waals surface area (Å²) in [5, 5.41) is 14.0. The molecule has 1 aliphatic rings. The van der Waals surface area contributed by atoms with Crippen LogP contribution in [-0.2, 0) is 6.54 Å². The molecule has 2 aromatic carbocycles. The molecule has 0 bridgehead atoms. The number of piperidine rings is 1. The molecule has 0 atom stereocenters. The SMILES string of the molecule is Cc1ccc([N+](=O)[O-])c(C(=O)NCC2CCN(Cc3ccccc3)CC2)c1. The fourth-order valence-corrected chi connectivity index (χ4v) is 3.51. The summed E-state index contributed by atoms with van der Waals surface area (Å²) in [5.41, 5.74) is 2.15. The largest absolute Gasteiger partial charge is 0.352 e. The van der Waals surface area contributed by atoms with Crippen LogP contribution in [0.2, 0.25) is 0 Å². The number of nitro groups is 1. The van der Waals surface area contributed by atoms with E-state index in [4.69, 9.17) is 0 Å². The standard InChI is InChI=1S/C21H25N3O3/c1-16-7-8-20(24(26)27)19(13-16)21(25)22-14-17-9-11-23(12-10-17)15-18-5-3-2-4-6-18/h2-8,13,17H,9-12,14-15H2,1H3,(H,22,25). The van der Waals surface area contributed by atoms with E-state index in [1.807, 2.05) is 13.0 Å². The first kappa shape index (κ1) is 19.0. The average molecular weight is 367 g/mol. The maximum Gasteiger partial charge on any atom is 0.282 e. The van der Waals surface area contributed by atoms with Crippen molar-refractivity contribution in [1.82, 2.24) is 10.2 Å². The van der Waals surface area contributed by atoms with Crippen molar-refractivity contribution in [2.75, 3.05) is 19.6 Å². The van der Waals surface area contributed by atoms with Crippen LogP contribution >= 0.6 is 0 Å². The van der Waals surface area contributed by atoms with Gasteiger partial charge in [0, 0.05) is 19.2 Å². The first-order chi connectivity index (χ1) is 13.0. The van der Waals surface area contributed by atoms with Crippen LogP contribution in [0.25, 0.3) is 0 Å². The number of carbonyl (C=O) groups excluding carboxylic acids is 1. The van der Waals surface area contributed by atoms with Crippen molar-refractivity contribution in [3.8, 4) is 0 Å². The third kappa shape index (κ3) is 5.14. The van der Waals surface area contributed by atoms with Gasteiger partial charge in [-0.15, -0.1) is 0 Å². The monoisotopic (exact) mass is 367 g/mol. The molecule has 0 aromatic heterocycles. The Labute approximate surface area is 159 Å². The molecule has 1 fully saturated rings. The zero-order valence-corrected chi connectivity index (χ0v) is 15.6. The minimum Gasteiger partial charge on any atom is -0.352 e. The molecule has 1 saturated heterocycles. The first-order valence-corrected chi connectivity index (χ1v) is 9.32. The molecule has 0 unspecified atom stereocenters. The second-order valence-electron chi connectivity index (χ2n) is 7.19. The van der Waals surface area contributed by atoms with Crippen LogP contribution in [0.3, 0.4) is 0 Å². The molecule has 6 heteroatoms. The van der Waals surface area contributed by atoms with E-state index in [0.29, 0.717) is 12.5 Å². The van der Waals surface area contributed by atoms with Crippen LogP contribution in [0.1, 0.15) is 34.3 Å². The number of hydrogen-bond acceptors (Lipinski definition) is 4. The van der Waals surface area contributed by atoms with E-state index >= 15 is 0 Å². The molecule has 3 rings (SSSR count). The Balaban J connectivity index is 1.50. The molecular weight excluding hydrogens is 342 g/mol. The summed E-state index contributed by atoms with van der Waals surface area (Å²) in [7, 11) is 0. The van der Waals surface area contributed by atoms with Crippen LogP contribution in [0, 0.1) is 23.0 Å².